The number of pyridine rings is 1. The van der Waals surface area contributed by atoms with E-state index in [1.165, 1.54) is 57.1 Å². The summed E-state index contributed by atoms with van der Waals surface area (Å²) in [5.41, 5.74) is 7.10. The number of imidazole rings is 1. The van der Waals surface area contributed by atoms with Gasteiger partial charge < -0.3 is 4.40 Å². The van der Waals surface area contributed by atoms with E-state index in [4.69, 9.17) is 0 Å². The summed E-state index contributed by atoms with van der Waals surface area (Å²) in [7, 11) is 0. The quantitative estimate of drug-likeness (QED) is 0.185. The van der Waals surface area contributed by atoms with Crippen LogP contribution in [0.25, 0.3) is 5.65 Å². The molecule has 4 nitrogen and oxygen atoms in total. The molecule has 0 N–H and O–H groups in total. The number of ketones is 2. The summed E-state index contributed by atoms with van der Waals surface area (Å²) in [5.74, 6) is 0.876. The minimum Gasteiger partial charge on any atom is -0.307 e. The Balaban J connectivity index is 0.000000663. The number of hydrogen-bond donors (Lipinski definition) is 0. The molecular weight excluding hydrogens is 607 g/mol. The van der Waals surface area contributed by atoms with Gasteiger partial charge in [-0.25, -0.2) is 9.37 Å². The van der Waals surface area contributed by atoms with Crippen molar-refractivity contribution < 1.29 is 14.0 Å². The molecule has 3 aromatic rings. The highest BCUT2D eigenvalue weighted by Gasteiger charge is 2.51. The van der Waals surface area contributed by atoms with Crippen molar-refractivity contribution in [3.63, 3.8) is 0 Å². The maximum atomic E-state index is 14.0. The van der Waals surface area contributed by atoms with Crippen molar-refractivity contribution in [1.29, 1.82) is 0 Å². The molecule has 0 bridgehead atoms. The van der Waals surface area contributed by atoms with Crippen molar-refractivity contribution in [2.45, 2.75) is 141 Å². The Kier molecular flexibility index (Phi) is 22.7. The van der Waals surface area contributed by atoms with E-state index in [0.717, 1.165) is 53.2 Å². The Labute approximate surface area is 299 Å². The molecule has 49 heavy (non-hydrogen) atoms. The van der Waals surface area contributed by atoms with E-state index in [1.807, 2.05) is 96.4 Å². The Morgan fingerprint density at radius 3 is 1.86 bits per heavy atom. The molecule has 0 amide bonds. The van der Waals surface area contributed by atoms with Crippen LogP contribution in [0, 0.1) is 24.1 Å². The van der Waals surface area contributed by atoms with Crippen molar-refractivity contribution in [3.05, 3.63) is 107 Å². The van der Waals surface area contributed by atoms with Crippen LogP contribution in [0.4, 0.5) is 4.39 Å². The largest absolute Gasteiger partial charge is 0.307 e. The maximum Gasteiger partial charge on any atom is 0.143 e. The Bertz CT molecular complexity index is 1470. The average molecular weight is 675 g/mol. The summed E-state index contributed by atoms with van der Waals surface area (Å²) in [6, 6.07) is 9.50. The third-order valence-corrected chi connectivity index (χ3v) is 8.44. The lowest BCUT2D eigenvalue weighted by Crippen LogP contribution is -2.20. The number of hydrogen-bond acceptors (Lipinski definition) is 3. The van der Waals surface area contributed by atoms with Gasteiger partial charge in [-0.3, -0.25) is 9.59 Å². The van der Waals surface area contributed by atoms with Crippen LogP contribution < -0.4 is 0 Å². The smallest absolute Gasteiger partial charge is 0.143 e. The van der Waals surface area contributed by atoms with Crippen LogP contribution in [0.15, 0.2) is 78.7 Å². The van der Waals surface area contributed by atoms with E-state index in [0.29, 0.717) is 6.42 Å². The minimum atomic E-state index is -0.528. The molecule has 2 fully saturated rings. The van der Waals surface area contributed by atoms with Crippen LogP contribution >= 0.6 is 0 Å². The average Bonchev–Trinajstić information content (AvgIpc) is 4.06. The van der Waals surface area contributed by atoms with E-state index in [1.54, 1.807) is 6.07 Å². The highest BCUT2D eigenvalue weighted by molar-refractivity contribution is 6.07. The molecule has 6 rings (SSSR count). The number of aromatic nitrogens is 2. The number of aryl methyl sites for hydroxylation is 2. The van der Waals surface area contributed by atoms with Crippen LogP contribution in [-0.2, 0) is 22.4 Å². The van der Waals surface area contributed by atoms with Gasteiger partial charge in [0, 0.05) is 18.8 Å². The van der Waals surface area contributed by atoms with E-state index in [9.17, 15) is 14.0 Å². The van der Waals surface area contributed by atoms with Gasteiger partial charge in [-0.1, -0.05) is 110 Å². The van der Waals surface area contributed by atoms with Crippen molar-refractivity contribution in [3.8, 4) is 0 Å². The van der Waals surface area contributed by atoms with Crippen molar-refractivity contribution in [1.82, 2.24) is 9.38 Å². The zero-order chi connectivity index (χ0) is 37.6. The van der Waals surface area contributed by atoms with Crippen LogP contribution in [0.1, 0.15) is 143 Å². The second-order valence-corrected chi connectivity index (χ2v) is 12.0. The van der Waals surface area contributed by atoms with Crippen LogP contribution in [0.3, 0.4) is 0 Å². The topological polar surface area (TPSA) is 51.4 Å². The molecule has 0 unspecified atom stereocenters. The number of halogens is 1. The first kappa shape index (κ1) is 45.4. The third kappa shape index (κ3) is 16.1. The predicted molar refractivity (Wildman–Crippen MR) is 210 cm³/mol. The zero-order valence-electron chi connectivity index (χ0n) is 33.0. The summed E-state index contributed by atoms with van der Waals surface area (Å²) in [6.07, 6.45) is 20.1. The first-order valence-electron chi connectivity index (χ1n) is 18.7. The molecule has 2 aromatic heterocycles. The van der Waals surface area contributed by atoms with Gasteiger partial charge in [-0.05, 0) is 114 Å². The molecule has 0 radical (unpaired) electrons. The molecule has 2 heterocycles. The van der Waals surface area contributed by atoms with E-state index in [-0.39, 0.29) is 17.4 Å². The first-order chi connectivity index (χ1) is 23.5. The van der Waals surface area contributed by atoms with Crippen molar-refractivity contribution >= 4 is 17.2 Å². The normalized spacial score (nSPS) is 14.3. The fourth-order valence-corrected chi connectivity index (χ4v) is 5.05. The standard InChI is InChI=1S/C17H17FN2.C7H10O2.C7H10.C7H12.3C2H6/c1-3-13-4-6-15(16(18)9-13)8-14-5-7-17-19-12(2)10-20(17)11-14;1-5(8)7(3-4-7)6(2)9;1-7-5-3-2-4-6-7;1-3-6(2)7-4-5-7;3*1-2/h4-7,9-11H,3,8H2,1-2H3;3-4H2,1-2H3;3,5-6H,2,4H2,1H3;7H,2-5H2,1H3;3*1-2H3. The molecule has 272 valence electrons. The lowest BCUT2D eigenvalue weighted by atomic mass is 9.98. The van der Waals surface area contributed by atoms with Crippen LogP contribution in [-0.4, -0.2) is 21.0 Å². The van der Waals surface area contributed by atoms with Gasteiger partial charge in [0.1, 0.15) is 23.0 Å². The van der Waals surface area contributed by atoms with Crippen molar-refractivity contribution in [2.75, 3.05) is 0 Å². The molecule has 3 aliphatic carbocycles. The highest BCUT2D eigenvalue weighted by Crippen LogP contribution is 2.47. The SMILES string of the molecule is C=C(CC)C1CC1.CC.CC.CC.CC(=O)C1(C(C)=O)CC1.CC1=CCCC=C1.CCc1ccc(Cc2ccc3nc(C)cn3c2)c(F)c1. The molecule has 3 aliphatic rings. The molecule has 0 spiro atoms. The molecule has 0 saturated heterocycles. The summed E-state index contributed by atoms with van der Waals surface area (Å²) in [6.45, 7) is 27.2. The van der Waals surface area contributed by atoms with E-state index >= 15 is 0 Å². The number of Topliss-reactive ketones (excluding diaryl/α,β-unsaturated/α-hetero) is 2. The summed E-state index contributed by atoms with van der Waals surface area (Å²) in [5, 5.41) is 0. The fourth-order valence-electron chi connectivity index (χ4n) is 5.05. The number of benzene rings is 1. The van der Waals surface area contributed by atoms with E-state index in [2.05, 4.69) is 43.6 Å². The predicted octanol–water partition coefficient (Wildman–Crippen LogP) is 12.6. The number of allylic oxidation sites excluding steroid dienone is 5. The number of carbonyl (C=O) groups excluding carboxylic acids is 2. The minimum absolute atomic E-state index is 0.0370. The first-order valence-corrected chi connectivity index (χ1v) is 18.7. The monoisotopic (exact) mass is 675 g/mol. The zero-order valence-corrected chi connectivity index (χ0v) is 33.0. The highest BCUT2D eigenvalue weighted by atomic mass is 19.1. The van der Waals surface area contributed by atoms with Gasteiger partial charge >= 0.3 is 0 Å². The van der Waals surface area contributed by atoms with Gasteiger partial charge in [0.2, 0.25) is 0 Å². The Hall–Kier alpha value is -3.60. The number of rotatable bonds is 7. The molecule has 5 heteroatoms. The number of fused-ring (bicyclic) bond motifs is 1. The van der Waals surface area contributed by atoms with Gasteiger partial charge in [-0.2, -0.15) is 0 Å². The Morgan fingerprint density at radius 2 is 1.49 bits per heavy atom. The fraction of sp³-hybridized carbons (Fsp3) is 0.523. The van der Waals surface area contributed by atoms with Gasteiger partial charge in [0.15, 0.2) is 0 Å². The molecule has 0 atom stereocenters. The van der Waals surface area contributed by atoms with Crippen LogP contribution in [0.5, 0.6) is 0 Å². The van der Waals surface area contributed by atoms with Gasteiger partial charge in [0.05, 0.1) is 11.1 Å². The second-order valence-electron chi connectivity index (χ2n) is 12.0. The molecular formula is C44H67FN2O2. The Morgan fingerprint density at radius 1 is 0.898 bits per heavy atom. The van der Waals surface area contributed by atoms with Crippen LogP contribution in [0.2, 0.25) is 0 Å². The van der Waals surface area contributed by atoms with Gasteiger partial charge in [0.25, 0.3) is 0 Å². The summed E-state index contributed by atoms with van der Waals surface area (Å²) < 4.78 is 16.0. The maximum absolute atomic E-state index is 14.0. The second kappa shape index (κ2) is 24.5. The number of carbonyl (C=O) groups is 2. The molecule has 2 saturated carbocycles. The molecule has 1 aromatic carbocycles. The summed E-state index contributed by atoms with van der Waals surface area (Å²) in [4.78, 5) is 25.9. The lowest BCUT2D eigenvalue weighted by molar-refractivity contribution is -0.132. The van der Waals surface area contributed by atoms with E-state index < -0.39 is 5.41 Å². The lowest BCUT2D eigenvalue weighted by Gasteiger charge is -2.06. The summed E-state index contributed by atoms with van der Waals surface area (Å²) >= 11 is 0. The number of nitrogens with zero attached hydrogens (tertiary/aromatic N) is 2. The molecule has 0 aliphatic heterocycles. The third-order valence-electron chi connectivity index (χ3n) is 8.44. The van der Waals surface area contributed by atoms with Gasteiger partial charge in [-0.15, -0.1) is 0 Å². The van der Waals surface area contributed by atoms with Crippen molar-refractivity contribution in [2.24, 2.45) is 11.3 Å².